The first-order chi connectivity index (χ1) is 12.4. The van der Waals surface area contributed by atoms with E-state index >= 15 is 0 Å². The maximum atomic E-state index is 8.24. The van der Waals surface area contributed by atoms with Gasteiger partial charge in [-0.3, -0.25) is 0 Å². The Bertz CT molecular complexity index is 951. The van der Waals surface area contributed by atoms with Crippen molar-refractivity contribution < 1.29 is 9.60 Å². The van der Waals surface area contributed by atoms with Crippen LogP contribution in [0.5, 0.6) is 0 Å². The number of rotatable bonds is 1. The third kappa shape index (κ3) is 2.27. The monoisotopic (exact) mass is 271 g/mol. The fraction of sp³-hybridized carbons (Fsp3) is 0.235. The van der Waals surface area contributed by atoms with Crippen LogP contribution in [-0.2, 0) is 0 Å². The Hall–Kier alpha value is -2.29. The van der Waals surface area contributed by atoms with Gasteiger partial charge >= 0.3 is 0 Å². The van der Waals surface area contributed by atoms with Gasteiger partial charge < -0.3 is 0 Å². The lowest BCUT2D eigenvalue weighted by molar-refractivity contribution is 0.569. The Morgan fingerprint density at radius 3 is 2.50 bits per heavy atom. The summed E-state index contributed by atoms with van der Waals surface area (Å²) in [6.07, 6.45) is 0. The average Bonchev–Trinajstić information content (AvgIpc) is 2.56. The van der Waals surface area contributed by atoms with Gasteiger partial charge in [-0.25, -0.2) is 10.3 Å². The normalized spacial score (nSPS) is 19.2. The van der Waals surface area contributed by atoms with E-state index in [0.29, 0.717) is 11.5 Å². The van der Waals surface area contributed by atoms with Crippen LogP contribution in [0, 0.1) is 5.41 Å². The van der Waals surface area contributed by atoms with Crippen molar-refractivity contribution in [2.24, 2.45) is 10.5 Å². The molecule has 20 heavy (non-hydrogen) atoms. The van der Waals surface area contributed by atoms with Crippen molar-refractivity contribution >= 4 is 22.9 Å². The minimum Gasteiger partial charge on any atom is -0.230 e. The van der Waals surface area contributed by atoms with Crippen molar-refractivity contribution in [1.82, 2.24) is 5.32 Å². The van der Waals surface area contributed by atoms with Crippen LogP contribution in [0.15, 0.2) is 59.5 Å². The summed E-state index contributed by atoms with van der Waals surface area (Å²) in [6, 6.07) is 0.509. The van der Waals surface area contributed by atoms with Crippen molar-refractivity contribution in [3.63, 3.8) is 0 Å². The number of nitrogens with zero attached hydrogens (tertiary/aromatic N) is 3. The molecule has 0 bridgehead atoms. The summed E-state index contributed by atoms with van der Waals surface area (Å²) in [5.41, 5.74) is -0.161. The number of hydrogen-bond acceptors (Lipinski definition) is 2. The maximum absolute atomic E-state index is 8.24. The molecule has 0 spiro atoms. The molecule has 1 heterocycles. The van der Waals surface area contributed by atoms with Gasteiger partial charge in [0.05, 0.1) is 26.7 Å². The lowest BCUT2D eigenvalue weighted by Crippen LogP contribution is -2.34. The van der Waals surface area contributed by atoms with E-state index in [1.807, 2.05) is 20.8 Å². The molecule has 0 unspecified atom stereocenters. The molecule has 0 aromatic heterocycles. The summed E-state index contributed by atoms with van der Waals surface area (Å²) in [4.78, 5) is 0. The molecular formula is C17H18N3. The van der Waals surface area contributed by atoms with E-state index in [4.69, 9.17) is 9.60 Å². The van der Waals surface area contributed by atoms with E-state index in [-0.39, 0.29) is 23.5 Å². The van der Waals surface area contributed by atoms with E-state index in [0.717, 1.165) is 0 Å². The van der Waals surface area contributed by atoms with Gasteiger partial charge in [-0.1, -0.05) is 51.0 Å². The van der Waals surface area contributed by atoms with Gasteiger partial charge in [0.1, 0.15) is 0 Å². The Balaban J connectivity index is 2.38. The van der Waals surface area contributed by atoms with Crippen LogP contribution in [0.25, 0.3) is 0 Å². The van der Waals surface area contributed by atoms with Gasteiger partial charge in [-0.05, 0) is 24.2 Å². The molecule has 2 aromatic rings. The molecule has 1 radical (unpaired) electrons. The molecule has 101 valence electrons. The number of benzene rings is 2. The molecule has 2 aromatic carbocycles. The molecular weight excluding hydrogens is 246 g/mol. The highest BCUT2D eigenvalue weighted by atomic mass is 15.5. The zero-order valence-corrected chi connectivity index (χ0v) is 11.5. The summed E-state index contributed by atoms with van der Waals surface area (Å²) in [5.74, 6) is 0.367. The molecule has 1 aliphatic rings. The van der Waals surface area contributed by atoms with Crippen LogP contribution >= 0.6 is 0 Å². The van der Waals surface area contributed by atoms with Gasteiger partial charge in [-0.2, -0.15) is 5.10 Å². The zero-order chi connectivity index (χ0) is 20.3. The standard InChI is InChI=1S/C17H18N3/c1-17(2,3)16-18-14-11-7-8-12-15(14)20(19-16)13-9-5-4-6-10-13/h4-12H,1-3H3/i4D,5D,6D,7D,9D,10D,12D. The molecule has 0 saturated carbocycles. The molecule has 0 saturated heterocycles. The summed E-state index contributed by atoms with van der Waals surface area (Å²) in [6.45, 7) is 5.64. The molecule has 1 aliphatic heterocycles. The minimum atomic E-state index is -0.497. The van der Waals surface area contributed by atoms with E-state index in [2.05, 4.69) is 10.4 Å². The smallest absolute Gasteiger partial charge is 0.155 e. The molecule has 0 amide bonds. The van der Waals surface area contributed by atoms with Crippen LogP contribution in [0.1, 0.15) is 30.4 Å². The second kappa shape index (κ2) is 4.67. The fourth-order valence-electron chi connectivity index (χ4n) is 1.74. The van der Waals surface area contributed by atoms with Gasteiger partial charge in [0.2, 0.25) is 0 Å². The topological polar surface area (TPSA) is 29.7 Å². The summed E-state index contributed by atoms with van der Waals surface area (Å²) in [7, 11) is 0. The SMILES string of the molecule is [2H]c1cc([2H])c2c(c1)[N]C(C(C)(C)C)=NN2c1c([2H])c([2H])c([2H])c([2H])c1[2H]. The van der Waals surface area contributed by atoms with Crippen molar-refractivity contribution in [3.05, 3.63) is 54.4 Å². The van der Waals surface area contributed by atoms with E-state index in [1.54, 1.807) is 0 Å². The Labute approximate surface area is 129 Å². The third-order valence-electron chi connectivity index (χ3n) is 2.76. The highest BCUT2D eigenvalue weighted by molar-refractivity contribution is 5.97. The Morgan fingerprint density at radius 1 is 1.05 bits per heavy atom. The lowest BCUT2D eigenvalue weighted by atomic mass is 9.94. The highest BCUT2D eigenvalue weighted by Gasteiger charge is 2.28. The number of anilines is 2. The first kappa shape index (κ1) is 6.93. The molecule has 0 fully saturated rings. The molecule has 3 nitrogen and oxygen atoms in total. The van der Waals surface area contributed by atoms with Crippen LogP contribution in [0.3, 0.4) is 0 Å². The quantitative estimate of drug-likeness (QED) is 0.754. The molecule has 3 rings (SSSR count). The summed E-state index contributed by atoms with van der Waals surface area (Å²) < 4.78 is 56.2. The summed E-state index contributed by atoms with van der Waals surface area (Å²) >= 11 is 0. The highest BCUT2D eigenvalue weighted by Crippen LogP contribution is 2.37. The van der Waals surface area contributed by atoms with Crippen molar-refractivity contribution in [3.8, 4) is 0 Å². The third-order valence-corrected chi connectivity index (χ3v) is 2.76. The molecule has 0 N–H and O–H groups in total. The van der Waals surface area contributed by atoms with Gasteiger partial charge in [0.25, 0.3) is 0 Å². The van der Waals surface area contributed by atoms with Crippen LogP contribution in [-0.4, -0.2) is 5.84 Å². The van der Waals surface area contributed by atoms with Gasteiger partial charge in [0.15, 0.2) is 5.84 Å². The van der Waals surface area contributed by atoms with Crippen molar-refractivity contribution in [1.29, 1.82) is 0 Å². The van der Waals surface area contributed by atoms with Crippen molar-refractivity contribution in [2.45, 2.75) is 20.8 Å². The lowest BCUT2D eigenvalue weighted by Gasteiger charge is -2.31. The number of hydrazone groups is 1. The Kier molecular flexibility index (Phi) is 1.62. The summed E-state index contributed by atoms with van der Waals surface area (Å²) in [5, 5.41) is 10.1. The minimum absolute atomic E-state index is 0.0650. The zero-order valence-electron chi connectivity index (χ0n) is 18.5. The van der Waals surface area contributed by atoms with Gasteiger partial charge in [0, 0.05) is 5.41 Å². The maximum Gasteiger partial charge on any atom is 0.155 e. The fourth-order valence-corrected chi connectivity index (χ4v) is 1.74. The van der Waals surface area contributed by atoms with Crippen LogP contribution in [0.2, 0.25) is 0 Å². The van der Waals surface area contributed by atoms with Crippen LogP contribution in [0.4, 0.5) is 17.1 Å². The average molecular weight is 271 g/mol. The predicted molar refractivity (Wildman–Crippen MR) is 83.7 cm³/mol. The van der Waals surface area contributed by atoms with E-state index in [9.17, 15) is 0 Å². The largest absolute Gasteiger partial charge is 0.230 e. The van der Waals surface area contributed by atoms with E-state index in [1.165, 1.54) is 17.1 Å². The Morgan fingerprint density at radius 2 is 1.80 bits per heavy atom. The second-order valence-corrected chi connectivity index (χ2v) is 5.40. The number of amidine groups is 1. The van der Waals surface area contributed by atoms with E-state index < -0.39 is 35.6 Å². The number of para-hydroxylation sites is 3. The van der Waals surface area contributed by atoms with Gasteiger partial charge in [-0.15, -0.1) is 0 Å². The predicted octanol–water partition coefficient (Wildman–Crippen LogP) is 4.43. The number of hydrogen-bond donors (Lipinski definition) is 0. The molecule has 0 atom stereocenters. The van der Waals surface area contributed by atoms with Crippen LogP contribution < -0.4 is 10.3 Å². The molecule has 3 heteroatoms. The number of fused-ring (bicyclic) bond motifs is 1. The first-order valence-electron chi connectivity index (χ1n) is 9.72. The molecule has 0 aliphatic carbocycles. The second-order valence-electron chi connectivity index (χ2n) is 5.40. The van der Waals surface area contributed by atoms with Crippen molar-refractivity contribution in [2.75, 3.05) is 5.01 Å². The first-order valence-corrected chi connectivity index (χ1v) is 6.22.